The lowest BCUT2D eigenvalue weighted by molar-refractivity contribution is -0.142. The number of amides is 2. The second-order valence-corrected chi connectivity index (χ2v) is 9.38. The van der Waals surface area contributed by atoms with E-state index in [2.05, 4.69) is 5.16 Å². The molecule has 2 aromatic rings. The summed E-state index contributed by atoms with van der Waals surface area (Å²) < 4.78 is 47.0. The highest BCUT2D eigenvalue weighted by molar-refractivity contribution is 5.90. The Morgan fingerprint density at radius 2 is 2.11 bits per heavy atom. The smallest absolute Gasteiger partial charge is 0.414 e. The number of hydrogen-bond donors (Lipinski definition) is 0. The molecule has 3 aliphatic heterocycles. The number of rotatable bonds is 7. The first-order valence-electron chi connectivity index (χ1n) is 12.0. The van der Waals surface area contributed by atoms with Crippen molar-refractivity contribution >= 4 is 23.4 Å². The lowest BCUT2D eigenvalue weighted by Crippen LogP contribution is -2.37. The summed E-state index contributed by atoms with van der Waals surface area (Å²) >= 11 is 0. The number of carbonyl (C=O) groups excluding carboxylic acids is 2. The van der Waals surface area contributed by atoms with Crippen LogP contribution in [-0.2, 0) is 18.9 Å². The lowest BCUT2D eigenvalue weighted by atomic mass is 9.98. The van der Waals surface area contributed by atoms with Crippen molar-refractivity contribution in [3.05, 3.63) is 48.0 Å². The van der Waals surface area contributed by atoms with Gasteiger partial charge in [-0.3, -0.25) is 4.90 Å². The number of benzene rings is 1. The van der Waals surface area contributed by atoms with E-state index in [9.17, 15) is 9.59 Å². The predicted octanol–water partition coefficient (Wildman–Crippen LogP) is 3.60. The molecule has 12 heteroatoms. The molecule has 2 saturated heterocycles. The molecule has 0 bridgehead atoms. The molecule has 1 aromatic heterocycles. The van der Waals surface area contributed by atoms with E-state index in [4.69, 9.17) is 28.2 Å². The Labute approximate surface area is 212 Å². The van der Waals surface area contributed by atoms with Crippen molar-refractivity contribution < 1.29 is 42.2 Å². The van der Waals surface area contributed by atoms with Gasteiger partial charge in [0.15, 0.2) is 11.9 Å². The molecule has 11 nitrogen and oxygen atoms in total. The Balaban J connectivity index is 1.14. The molecular formula is C25H28FN3O8. The normalized spacial score (nSPS) is 23.1. The Kier molecular flexibility index (Phi) is 7.02. The first-order valence-corrected chi connectivity index (χ1v) is 12.0. The van der Waals surface area contributed by atoms with Crippen LogP contribution >= 0.6 is 0 Å². The average molecular weight is 518 g/mol. The van der Waals surface area contributed by atoms with Gasteiger partial charge < -0.3 is 33.1 Å². The van der Waals surface area contributed by atoms with Crippen molar-refractivity contribution in [3.63, 3.8) is 0 Å². The van der Waals surface area contributed by atoms with Crippen molar-refractivity contribution in [2.45, 2.75) is 38.3 Å². The maximum Gasteiger partial charge on any atom is 0.414 e. The number of halogens is 1. The monoisotopic (exact) mass is 517 g/mol. The molecule has 0 unspecified atom stereocenters. The zero-order chi connectivity index (χ0) is 26.0. The molecule has 1 aromatic carbocycles. The molecule has 0 saturated carbocycles. The fraction of sp³-hybridized carbons (Fsp3) is 0.480. The quantitative estimate of drug-likeness (QED) is 0.544. The molecule has 0 radical (unpaired) electrons. The molecular weight excluding hydrogens is 489 g/mol. The first kappa shape index (κ1) is 25.0. The highest BCUT2D eigenvalue weighted by Gasteiger charge is 2.35. The summed E-state index contributed by atoms with van der Waals surface area (Å²) in [6.07, 6.45) is 1.79. The third-order valence-electron chi connectivity index (χ3n) is 6.24. The number of anilines is 1. The Hall–Kier alpha value is -3.64. The van der Waals surface area contributed by atoms with E-state index in [1.54, 1.807) is 23.1 Å². The highest BCUT2D eigenvalue weighted by Crippen LogP contribution is 2.30. The molecule has 0 N–H and O–H groups in total. The van der Waals surface area contributed by atoms with Crippen LogP contribution in [0.3, 0.4) is 0 Å². The van der Waals surface area contributed by atoms with Crippen molar-refractivity contribution in [2.24, 2.45) is 0 Å². The van der Waals surface area contributed by atoms with Gasteiger partial charge in [0.2, 0.25) is 0 Å². The number of aromatic nitrogens is 1. The van der Waals surface area contributed by atoms with Gasteiger partial charge in [0.05, 0.1) is 18.8 Å². The Morgan fingerprint density at radius 3 is 2.78 bits per heavy atom. The molecule has 0 aliphatic carbocycles. The van der Waals surface area contributed by atoms with Crippen LogP contribution in [0.25, 0.3) is 5.57 Å². The maximum absolute atomic E-state index is 15.1. The molecule has 2 atom stereocenters. The molecule has 37 heavy (non-hydrogen) atoms. The number of ether oxygens (including phenoxy) is 5. The highest BCUT2D eigenvalue weighted by atomic mass is 19.1. The zero-order valence-electron chi connectivity index (χ0n) is 20.6. The van der Waals surface area contributed by atoms with Crippen LogP contribution in [0, 0.1) is 5.82 Å². The second kappa shape index (κ2) is 10.4. The summed E-state index contributed by atoms with van der Waals surface area (Å²) in [7, 11) is 0. The standard InChI is InChI=1S/C25H28FN3O8/c1-25(2)34-15-19(37-25)14-33-23(30)28-8-5-16(6-9-28)20-4-3-17(11-21(20)26)29-12-18(36-24(29)31)13-32-22-7-10-35-27-22/h3-5,7,10-11,18-19H,6,8-9,12-15H2,1-2H3/t18-,19-/m1/s1. The van der Waals surface area contributed by atoms with Gasteiger partial charge in [0.1, 0.15) is 31.4 Å². The first-order chi connectivity index (χ1) is 17.8. The summed E-state index contributed by atoms with van der Waals surface area (Å²) in [6, 6.07) is 6.17. The molecule has 2 fully saturated rings. The average Bonchev–Trinajstić information content (AvgIpc) is 3.61. The van der Waals surface area contributed by atoms with Crippen molar-refractivity contribution in [3.8, 4) is 5.88 Å². The maximum atomic E-state index is 15.1. The third kappa shape index (κ3) is 5.86. The fourth-order valence-corrected chi connectivity index (χ4v) is 4.39. The summed E-state index contributed by atoms with van der Waals surface area (Å²) in [5.41, 5.74) is 1.59. The van der Waals surface area contributed by atoms with Gasteiger partial charge in [0.25, 0.3) is 5.88 Å². The molecule has 4 heterocycles. The van der Waals surface area contributed by atoms with Gasteiger partial charge in [-0.2, -0.15) is 0 Å². The topological polar surface area (TPSA) is 113 Å². The van der Waals surface area contributed by atoms with Crippen LogP contribution < -0.4 is 9.64 Å². The lowest BCUT2D eigenvalue weighted by Gasteiger charge is -2.27. The SMILES string of the molecule is CC1(C)OC[C@@H](COC(=O)N2CC=C(c3ccc(N4C[C@H](COc5ccon5)OC4=O)cc3F)CC2)O1. The number of nitrogens with zero attached hydrogens (tertiary/aromatic N) is 3. The largest absolute Gasteiger partial charge is 0.471 e. The Morgan fingerprint density at radius 1 is 1.24 bits per heavy atom. The number of carbonyl (C=O) groups is 2. The summed E-state index contributed by atoms with van der Waals surface area (Å²) in [5.74, 6) is -0.849. The third-order valence-corrected chi connectivity index (χ3v) is 6.24. The van der Waals surface area contributed by atoms with Gasteiger partial charge in [-0.25, -0.2) is 14.0 Å². The van der Waals surface area contributed by atoms with Gasteiger partial charge in [-0.1, -0.05) is 6.08 Å². The summed E-state index contributed by atoms with van der Waals surface area (Å²) in [5, 5.41) is 3.64. The van der Waals surface area contributed by atoms with E-state index < -0.39 is 29.9 Å². The molecule has 5 rings (SSSR count). The van der Waals surface area contributed by atoms with Gasteiger partial charge in [-0.05, 0) is 49.2 Å². The van der Waals surface area contributed by atoms with E-state index in [1.165, 1.54) is 17.2 Å². The minimum absolute atomic E-state index is 0.0978. The van der Waals surface area contributed by atoms with Gasteiger partial charge >= 0.3 is 12.2 Å². The van der Waals surface area contributed by atoms with E-state index >= 15 is 4.39 Å². The fourth-order valence-electron chi connectivity index (χ4n) is 4.39. The number of hydrogen-bond acceptors (Lipinski definition) is 9. The van der Waals surface area contributed by atoms with Crippen LogP contribution in [0.1, 0.15) is 25.8 Å². The summed E-state index contributed by atoms with van der Waals surface area (Å²) in [6.45, 7) is 5.10. The van der Waals surface area contributed by atoms with Gasteiger partial charge in [0, 0.05) is 24.7 Å². The molecule has 2 amide bonds. The Bertz CT molecular complexity index is 1170. The zero-order valence-corrected chi connectivity index (χ0v) is 20.6. The van der Waals surface area contributed by atoms with Crippen LogP contribution in [0.15, 0.2) is 41.1 Å². The van der Waals surface area contributed by atoms with Crippen molar-refractivity contribution in [1.82, 2.24) is 10.1 Å². The predicted molar refractivity (Wildman–Crippen MR) is 126 cm³/mol. The minimum atomic E-state index is -0.678. The van der Waals surface area contributed by atoms with Crippen LogP contribution in [0.2, 0.25) is 0 Å². The second-order valence-electron chi connectivity index (χ2n) is 9.38. The number of cyclic esters (lactones) is 1. The minimum Gasteiger partial charge on any atom is -0.471 e. The molecule has 0 spiro atoms. The van der Waals surface area contributed by atoms with Gasteiger partial charge in [-0.15, -0.1) is 0 Å². The van der Waals surface area contributed by atoms with Crippen molar-refractivity contribution in [1.29, 1.82) is 0 Å². The summed E-state index contributed by atoms with van der Waals surface area (Å²) in [4.78, 5) is 27.7. The molecule has 198 valence electrons. The van der Waals surface area contributed by atoms with Crippen LogP contribution in [-0.4, -0.2) is 79.7 Å². The van der Waals surface area contributed by atoms with E-state index in [0.29, 0.717) is 43.2 Å². The van der Waals surface area contributed by atoms with E-state index in [1.807, 2.05) is 19.9 Å². The van der Waals surface area contributed by atoms with Crippen LogP contribution in [0.5, 0.6) is 5.88 Å². The van der Waals surface area contributed by atoms with Crippen LogP contribution in [0.4, 0.5) is 19.7 Å². The molecule has 3 aliphatic rings. The van der Waals surface area contributed by atoms with E-state index in [0.717, 1.165) is 5.57 Å². The van der Waals surface area contributed by atoms with E-state index in [-0.39, 0.29) is 25.9 Å². The van der Waals surface area contributed by atoms with Crippen molar-refractivity contribution in [2.75, 3.05) is 44.4 Å².